The predicted molar refractivity (Wildman–Crippen MR) is 104 cm³/mol. The fourth-order valence-corrected chi connectivity index (χ4v) is 2.59. The number of esters is 1. The molecule has 0 aliphatic rings. The van der Waals surface area contributed by atoms with Crippen molar-refractivity contribution in [3.05, 3.63) is 22.3 Å². The van der Waals surface area contributed by atoms with Gasteiger partial charge in [-0.05, 0) is 25.8 Å². The number of carbonyl (C=O) groups is 2. The third-order valence-corrected chi connectivity index (χ3v) is 3.90. The van der Waals surface area contributed by atoms with Gasteiger partial charge in [0.05, 0.1) is 16.7 Å². The maximum atomic E-state index is 11.6. The number of halogens is 2. The predicted octanol–water partition coefficient (Wildman–Crippen LogP) is 3.61. The summed E-state index contributed by atoms with van der Waals surface area (Å²) >= 11 is 11.8. The second kappa shape index (κ2) is 13.5. The van der Waals surface area contributed by atoms with E-state index in [1.54, 1.807) is 13.0 Å². The van der Waals surface area contributed by atoms with E-state index in [0.717, 1.165) is 25.7 Å². The van der Waals surface area contributed by atoms with Crippen LogP contribution in [-0.2, 0) is 9.53 Å². The van der Waals surface area contributed by atoms with Gasteiger partial charge in [-0.3, -0.25) is 4.79 Å². The minimum atomic E-state index is -0.214. The maximum absolute atomic E-state index is 11.6. The van der Waals surface area contributed by atoms with Crippen molar-refractivity contribution < 1.29 is 14.3 Å². The molecule has 0 spiro atoms. The van der Waals surface area contributed by atoms with Crippen molar-refractivity contribution in [1.29, 1.82) is 0 Å². The van der Waals surface area contributed by atoms with Gasteiger partial charge in [-0.25, -0.2) is 9.78 Å². The summed E-state index contributed by atoms with van der Waals surface area (Å²) in [7, 11) is 0. The smallest absolute Gasteiger partial charge is 0.314 e. The average molecular weight is 405 g/mol. The van der Waals surface area contributed by atoms with Gasteiger partial charge in [0.1, 0.15) is 5.82 Å². The standard InChI is InChI=1S/C17H26Cl2N4O3/c1-2-26-15(24)7-5-3-4-6-8-21-17(25)22-10-9-20-16-14(19)11-13(18)12-23-16/h11-12H,2-10H2,1H3,(H,20,23)(H2,21,22,25). The summed E-state index contributed by atoms with van der Waals surface area (Å²) in [6, 6.07) is 1.39. The molecular formula is C17H26Cl2N4O3. The van der Waals surface area contributed by atoms with Gasteiger partial charge >= 0.3 is 12.0 Å². The van der Waals surface area contributed by atoms with Crippen LogP contribution in [0, 0.1) is 0 Å². The Balaban J connectivity index is 1.98. The molecule has 0 radical (unpaired) electrons. The average Bonchev–Trinajstić information content (AvgIpc) is 2.59. The SMILES string of the molecule is CCOC(=O)CCCCCCNC(=O)NCCNc1ncc(Cl)cc1Cl. The molecule has 146 valence electrons. The first-order valence-electron chi connectivity index (χ1n) is 8.75. The van der Waals surface area contributed by atoms with Crippen molar-refractivity contribution in [3.63, 3.8) is 0 Å². The normalized spacial score (nSPS) is 10.3. The Labute approximate surface area is 164 Å². The lowest BCUT2D eigenvalue weighted by Gasteiger charge is -2.10. The summed E-state index contributed by atoms with van der Waals surface area (Å²) in [5.41, 5.74) is 0. The lowest BCUT2D eigenvalue weighted by molar-refractivity contribution is -0.143. The van der Waals surface area contributed by atoms with Crippen molar-refractivity contribution in [3.8, 4) is 0 Å². The number of hydrogen-bond donors (Lipinski definition) is 3. The molecule has 3 N–H and O–H groups in total. The van der Waals surface area contributed by atoms with Gasteiger partial charge in [-0.1, -0.05) is 36.0 Å². The number of nitrogens with one attached hydrogen (secondary N) is 3. The van der Waals surface area contributed by atoms with Gasteiger partial charge < -0.3 is 20.7 Å². The molecule has 0 aliphatic heterocycles. The van der Waals surface area contributed by atoms with Gasteiger partial charge in [0, 0.05) is 32.3 Å². The molecule has 7 nitrogen and oxygen atoms in total. The Morgan fingerprint density at radius 3 is 2.54 bits per heavy atom. The number of nitrogens with zero attached hydrogens (tertiary/aromatic N) is 1. The number of pyridine rings is 1. The molecule has 0 aromatic carbocycles. The molecule has 1 rings (SSSR count). The quantitative estimate of drug-likeness (QED) is 0.365. The Kier molecular flexibility index (Phi) is 11.6. The second-order valence-corrected chi connectivity index (χ2v) is 6.41. The third kappa shape index (κ3) is 10.3. The summed E-state index contributed by atoms with van der Waals surface area (Å²) in [5.74, 6) is 0.384. The van der Waals surface area contributed by atoms with Crippen molar-refractivity contribution in [2.45, 2.75) is 39.0 Å². The van der Waals surface area contributed by atoms with Gasteiger partial charge in [0.15, 0.2) is 0 Å². The lowest BCUT2D eigenvalue weighted by Crippen LogP contribution is -2.38. The minimum Gasteiger partial charge on any atom is -0.466 e. The van der Waals surface area contributed by atoms with Crippen LogP contribution < -0.4 is 16.0 Å². The number of amides is 2. The second-order valence-electron chi connectivity index (χ2n) is 5.56. The van der Waals surface area contributed by atoms with E-state index in [4.69, 9.17) is 27.9 Å². The molecule has 9 heteroatoms. The van der Waals surface area contributed by atoms with Crippen LogP contribution in [0.2, 0.25) is 10.0 Å². The summed E-state index contributed by atoms with van der Waals surface area (Å²) in [4.78, 5) is 26.9. The van der Waals surface area contributed by atoms with Crippen LogP contribution in [0.5, 0.6) is 0 Å². The summed E-state index contributed by atoms with van der Waals surface area (Å²) in [5, 5.41) is 9.46. The lowest BCUT2D eigenvalue weighted by atomic mass is 10.1. The Bertz CT molecular complexity index is 573. The van der Waals surface area contributed by atoms with E-state index in [9.17, 15) is 9.59 Å². The Morgan fingerprint density at radius 2 is 1.81 bits per heavy atom. The number of aromatic nitrogens is 1. The van der Waals surface area contributed by atoms with E-state index in [-0.39, 0.29) is 12.0 Å². The van der Waals surface area contributed by atoms with E-state index in [0.29, 0.717) is 48.5 Å². The zero-order chi connectivity index (χ0) is 19.2. The summed E-state index contributed by atoms with van der Waals surface area (Å²) in [6.07, 6.45) is 5.56. The number of carbonyl (C=O) groups excluding carboxylic acids is 2. The molecule has 0 atom stereocenters. The third-order valence-electron chi connectivity index (χ3n) is 3.41. The molecule has 0 saturated heterocycles. The van der Waals surface area contributed by atoms with Crippen molar-refractivity contribution >= 4 is 41.0 Å². The van der Waals surface area contributed by atoms with Crippen LogP contribution in [0.1, 0.15) is 39.0 Å². The summed E-state index contributed by atoms with van der Waals surface area (Å²) in [6.45, 7) is 3.76. The monoisotopic (exact) mass is 404 g/mol. The van der Waals surface area contributed by atoms with Crippen molar-refractivity contribution in [2.24, 2.45) is 0 Å². The number of unbranched alkanes of at least 4 members (excludes halogenated alkanes) is 3. The highest BCUT2D eigenvalue weighted by Gasteiger charge is 2.03. The molecule has 0 saturated carbocycles. The van der Waals surface area contributed by atoms with Crippen LogP contribution in [0.15, 0.2) is 12.3 Å². The van der Waals surface area contributed by atoms with E-state index < -0.39 is 0 Å². The molecule has 1 aromatic rings. The molecule has 26 heavy (non-hydrogen) atoms. The fourth-order valence-electron chi connectivity index (χ4n) is 2.15. The van der Waals surface area contributed by atoms with E-state index in [2.05, 4.69) is 20.9 Å². The van der Waals surface area contributed by atoms with Crippen LogP contribution >= 0.6 is 23.2 Å². The van der Waals surface area contributed by atoms with E-state index in [1.807, 2.05) is 0 Å². The fraction of sp³-hybridized carbons (Fsp3) is 0.588. The Morgan fingerprint density at radius 1 is 1.08 bits per heavy atom. The zero-order valence-corrected chi connectivity index (χ0v) is 16.5. The first-order valence-corrected chi connectivity index (χ1v) is 9.50. The Hall–Kier alpha value is -1.73. The molecule has 0 aliphatic carbocycles. The first kappa shape index (κ1) is 22.3. The first-order chi connectivity index (χ1) is 12.5. The molecule has 1 heterocycles. The van der Waals surface area contributed by atoms with Crippen LogP contribution in [-0.4, -0.2) is 43.2 Å². The highest BCUT2D eigenvalue weighted by Crippen LogP contribution is 2.21. The minimum absolute atomic E-state index is 0.145. The van der Waals surface area contributed by atoms with Crippen LogP contribution in [0.25, 0.3) is 0 Å². The van der Waals surface area contributed by atoms with Crippen LogP contribution in [0.3, 0.4) is 0 Å². The van der Waals surface area contributed by atoms with Gasteiger partial charge in [0.2, 0.25) is 0 Å². The van der Waals surface area contributed by atoms with E-state index >= 15 is 0 Å². The molecule has 0 fully saturated rings. The van der Waals surface area contributed by atoms with E-state index in [1.165, 1.54) is 6.20 Å². The molecule has 1 aromatic heterocycles. The highest BCUT2D eigenvalue weighted by atomic mass is 35.5. The van der Waals surface area contributed by atoms with Gasteiger partial charge in [-0.15, -0.1) is 0 Å². The number of rotatable bonds is 12. The highest BCUT2D eigenvalue weighted by molar-refractivity contribution is 6.35. The molecular weight excluding hydrogens is 379 g/mol. The maximum Gasteiger partial charge on any atom is 0.314 e. The summed E-state index contributed by atoms with van der Waals surface area (Å²) < 4.78 is 4.86. The zero-order valence-electron chi connectivity index (χ0n) is 14.9. The number of hydrogen-bond acceptors (Lipinski definition) is 5. The topological polar surface area (TPSA) is 92.3 Å². The van der Waals surface area contributed by atoms with Crippen molar-refractivity contribution in [2.75, 3.05) is 31.6 Å². The van der Waals surface area contributed by atoms with Gasteiger partial charge in [0.25, 0.3) is 0 Å². The number of urea groups is 1. The van der Waals surface area contributed by atoms with Crippen LogP contribution in [0.4, 0.5) is 10.6 Å². The van der Waals surface area contributed by atoms with Crippen molar-refractivity contribution in [1.82, 2.24) is 15.6 Å². The number of anilines is 1. The molecule has 0 unspecified atom stereocenters. The molecule has 0 bridgehead atoms. The number of ether oxygens (including phenoxy) is 1. The van der Waals surface area contributed by atoms with Gasteiger partial charge in [-0.2, -0.15) is 0 Å². The molecule has 2 amide bonds. The largest absolute Gasteiger partial charge is 0.466 e.